The first kappa shape index (κ1) is 19.7. The van der Waals surface area contributed by atoms with E-state index in [1.165, 1.54) is 11.6 Å². The number of hydrogen-bond donors (Lipinski definition) is 1. The van der Waals surface area contributed by atoms with Crippen LogP contribution in [0.5, 0.6) is 0 Å². The Morgan fingerprint density at radius 1 is 1.30 bits per heavy atom. The number of benzene rings is 1. The second-order valence-electron chi connectivity index (χ2n) is 6.23. The first-order valence-electron chi connectivity index (χ1n) is 8.42. The van der Waals surface area contributed by atoms with Crippen molar-refractivity contribution in [2.24, 2.45) is 0 Å². The van der Waals surface area contributed by atoms with Crippen LogP contribution in [-0.2, 0) is 6.54 Å². The molecule has 1 N–H and O–H groups in total. The molecular formula is C18H19Cl2FN6. The second kappa shape index (κ2) is 8.75. The minimum absolute atomic E-state index is 0. The zero-order chi connectivity index (χ0) is 17.9. The van der Waals surface area contributed by atoms with Gasteiger partial charge in [-0.1, -0.05) is 22.9 Å². The van der Waals surface area contributed by atoms with E-state index in [4.69, 9.17) is 11.6 Å². The molecule has 0 bridgehead atoms. The van der Waals surface area contributed by atoms with Gasteiger partial charge in [0.15, 0.2) is 0 Å². The summed E-state index contributed by atoms with van der Waals surface area (Å²) in [5.41, 5.74) is 2.71. The van der Waals surface area contributed by atoms with Crippen molar-refractivity contribution in [1.82, 2.24) is 30.2 Å². The molecule has 0 amide bonds. The van der Waals surface area contributed by atoms with E-state index in [-0.39, 0.29) is 23.5 Å². The molecule has 0 saturated carbocycles. The molecule has 4 rings (SSSR count). The topological polar surface area (TPSA) is 58.9 Å². The van der Waals surface area contributed by atoms with Crippen molar-refractivity contribution < 1.29 is 4.39 Å². The van der Waals surface area contributed by atoms with Crippen LogP contribution in [-0.4, -0.2) is 44.5 Å². The molecule has 3 heterocycles. The van der Waals surface area contributed by atoms with Gasteiger partial charge in [0.2, 0.25) is 0 Å². The maximum Gasteiger partial charge on any atom is 0.141 e. The fraction of sp³-hybridized carbons (Fsp3) is 0.278. The van der Waals surface area contributed by atoms with E-state index >= 15 is 0 Å². The van der Waals surface area contributed by atoms with Crippen LogP contribution in [0, 0.1) is 5.82 Å². The average molecular weight is 409 g/mol. The van der Waals surface area contributed by atoms with E-state index in [0.29, 0.717) is 12.2 Å². The van der Waals surface area contributed by atoms with E-state index in [9.17, 15) is 4.39 Å². The van der Waals surface area contributed by atoms with Crippen LogP contribution in [0.1, 0.15) is 17.3 Å². The summed E-state index contributed by atoms with van der Waals surface area (Å²) in [7, 11) is 0. The third-order valence-corrected chi connectivity index (χ3v) is 4.79. The third kappa shape index (κ3) is 4.44. The average Bonchev–Trinajstić information content (AvgIpc) is 3.14. The van der Waals surface area contributed by atoms with Crippen molar-refractivity contribution in [3.8, 4) is 5.69 Å². The molecule has 1 fully saturated rings. The molecule has 1 saturated heterocycles. The highest BCUT2D eigenvalue weighted by molar-refractivity contribution is 6.30. The molecule has 1 unspecified atom stereocenters. The SMILES string of the molecule is Cl.Fc1ccc(-n2cc(CN3CCNCC3c3cccnc3)nn2)cc1Cl. The summed E-state index contributed by atoms with van der Waals surface area (Å²) in [6.07, 6.45) is 5.54. The first-order chi connectivity index (χ1) is 12.7. The van der Waals surface area contributed by atoms with Crippen LogP contribution in [0.4, 0.5) is 4.39 Å². The molecule has 0 spiro atoms. The van der Waals surface area contributed by atoms with Crippen LogP contribution in [0.15, 0.2) is 48.9 Å². The quantitative estimate of drug-likeness (QED) is 0.718. The zero-order valence-electron chi connectivity index (χ0n) is 14.4. The normalized spacial score (nSPS) is 17.5. The fourth-order valence-corrected chi connectivity index (χ4v) is 3.34. The summed E-state index contributed by atoms with van der Waals surface area (Å²) in [6, 6.07) is 8.78. The van der Waals surface area contributed by atoms with Crippen LogP contribution in [0.25, 0.3) is 5.69 Å². The fourth-order valence-electron chi connectivity index (χ4n) is 3.17. The Bertz CT molecular complexity index is 889. The van der Waals surface area contributed by atoms with E-state index < -0.39 is 5.82 Å². The van der Waals surface area contributed by atoms with Gasteiger partial charge in [-0.2, -0.15) is 0 Å². The van der Waals surface area contributed by atoms with Crippen LogP contribution in [0.2, 0.25) is 5.02 Å². The van der Waals surface area contributed by atoms with Gasteiger partial charge in [0.1, 0.15) is 5.82 Å². The van der Waals surface area contributed by atoms with Gasteiger partial charge in [-0.05, 0) is 29.8 Å². The second-order valence-corrected chi connectivity index (χ2v) is 6.64. The molecule has 27 heavy (non-hydrogen) atoms. The summed E-state index contributed by atoms with van der Waals surface area (Å²) in [5, 5.41) is 11.9. The molecule has 1 aliphatic heterocycles. The molecule has 2 aromatic heterocycles. The highest BCUT2D eigenvalue weighted by Gasteiger charge is 2.24. The van der Waals surface area contributed by atoms with E-state index in [0.717, 1.165) is 25.3 Å². The van der Waals surface area contributed by atoms with Crippen LogP contribution >= 0.6 is 24.0 Å². The molecule has 1 atom stereocenters. The summed E-state index contributed by atoms with van der Waals surface area (Å²) < 4.78 is 15.0. The molecular weight excluding hydrogens is 390 g/mol. The minimum atomic E-state index is -0.448. The Kier molecular flexibility index (Phi) is 6.38. The monoisotopic (exact) mass is 408 g/mol. The predicted molar refractivity (Wildman–Crippen MR) is 104 cm³/mol. The summed E-state index contributed by atoms with van der Waals surface area (Å²) >= 11 is 5.86. The number of aromatic nitrogens is 4. The zero-order valence-corrected chi connectivity index (χ0v) is 16.0. The van der Waals surface area contributed by atoms with Gasteiger partial charge >= 0.3 is 0 Å². The Balaban J connectivity index is 0.00000210. The van der Waals surface area contributed by atoms with Gasteiger partial charge in [-0.3, -0.25) is 9.88 Å². The molecule has 142 valence electrons. The molecule has 0 radical (unpaired) electrons. The van der Waals surface area contributed by atoms with Crippen molar-refractivity contribution in [2.45, 2.75) is 12.6 Å². The Hall–Kier alpha value is -2.06. The standard InChI is InChI=1S/C18H18ClFN6.ClH/c19-16-8-15(3-4-17(16)20)26-12-14(23-24-26)11-25-7-6-22-10-18(25)13-2-1-5-21-9-13;/h1-5,8-9,12,18,22H,6-7,10-11H2;1H. The summed E-state index contributed by atoms with van der Waals surface area (Å²) in [4.78, 5) is 6.59. The van der Waals surface area contributed by atoms with E-state index in [2.05, 4.69) is 31.6 Å². The highest BCUT2D eigenvalue weighted by atomic mass is 35.5. The van der Waals surface area contributed by atoms with Crippen molar-refractivity contribution in [3.63, 3.8) is 0 Å². The Morgan fingerprint density at radius 3 is 2.96 bits per heavy atom. The van der Waals surface area contributed by atoms with Crippen LogP contribution < -0.4 is 5.32 Å². The van der Waals surface area contributed by atoms with Crippen molar-refractivity contribution >= 4 is 24.0 Å². The van der Waals surface area contributed by atoms with Crippen molar-refractivity contribution in [3.05, 3.63) is 71.0 Å². The number of hydrogen-bond acceptors (Lipinski definition) is 5. The number of piperazine rings is 1. The molecule has 9 heteroatoms. The van der Waals surface area contributed by atoms with Crippen LogP contribution in [0.3, 0.4) is 0 Å². The molecule has 1 aliphatic rings. The molecule has 0 aliphatic carbocycles. The van der Waals surface area contributed by atoms with Gasteiger partial charge < -0.3 is 5.32 Å². The highest BCUT2D eigenvalue weighted by Crippen LogP contribution is 2.23. The number of nitrogens with one attached hydrogen (secondary N) is 1. The maximum atomic E-state index is 13.3. The Labute approximate surface area is 167 Å². The third-order valence-electron chi connectivity index (χ3n) is 4.50. The molecule has 1 aromatic carbocycles. The number of nitrogens with zero attached hydrogens (tertiary/aromatic N) is 5. The largest absolute Gasteiger partial charge is 0.314 e. The van der Waals surface area contributed by atoms with Gasteiger partial charge in [0, 0.05) is 44.6 Å². The smallest absolute Gasteiger partial charge is 0.141 e. The van der Waals surface area contributed by atoms with Crippen molar-refractivity contribution in [1.29, 1.82) is 0 Å². The lowest BCUT2D eigenvalue weighted by Gasteiger charge is -2.35. The molecule has 3 aromatic rings. The lowest BCUT2D eigenvalue weighted by Crippen LogP contribution is -2.45. The van der Waals surface area contributed by atoms with Gasteiger partial charge in [-0.15, -0.1) is 17.5 Å². The van der Waals surface area contributed by atoms with E-state index in [1.807, 2.05) is 18.5 Å². The van der Waals surface area contributed by atoms with Gasteiger partial charge in [0.05, 0.1) is 22.6 Å². The van der Waals surface area contributed by atoms with E-state index in [1.54, 1.807) is 23.0 Å². The molecule has 6 nitrogen and oxygen atoms in total. The number of halogens is 3. The Morgan fingerprint density at radius 2 is 2.19 bits per heavy atom. The predicted octanol–water partition coefficient (Wildman–Crippen LogP) is 3.02. The number of pyridine rings is 1. The number of rotatable bonds is 4. The summed E-state index contributed by atoms with van der Waals surface area (Å²) in [6.45, 7) is 3.39. The van der Waals surface area contributed by atoms with Gasteiger partial charge in [-0.25, -0.2) is 9.07 Å². The summed E-state index contributed by atoms with van der Waals surface area (Å²) in [5.74, 6) is -0.448. The lowest BCUT2D eigenvalue weighted by molar-refractivity contribution is 0.151. The lowest BCUT2D eigenvalue weighted by atomic mass is 10.1. The van der Waals surface area contributed by atoms with Gasteiger partial charge in [0.25, 0.3) is 0 Å². The van der Waals surface area contributed by atoms with Crippen molar-refractivity contribution in [2.75, 3.05) is 19.6 Å². The first-order valence-corrected chi connectivity index (χ1v) is 8.80. The maximum absolute atomic E-state index is 13.3. The minimum Gasteiger partial charge on any atom is -0.314 e.